The maximum Gasteiger partial charge on any atom is 0.410 e. The van der Waals surface area contributed by atoms with Gasteiger partial charge in [0.2, 0.25) is 0 Å². The molecule has 8 heteroatoms. The number of nitrogens with zero attached hydrogens (tertiary/aromatic N) is 3. The van der Waals surface area contributed by atoms with Crippen LogP contribution in [0.25, 0.3) is 0 Å². The minimum atomic E-state index is -0.280. The van der Waals surface area contributed by atoms with Crippen LogP contribution in [0.1, 0.15) is 36.3 Å². The number of carbonyl (C=O) groups is 2. The van der Waals surface area contributed by atoms with Gasteiger partial charge >= 0.3 is 6.09 Å². The van der Waals surface area contributed by atoms with Crippen molar-refractivity contribution in [1.82, 2.24) is 9.91 Å². The van der Waals surface area contributed by atoms with E-state index in [9.17, 15) is 9.59 Å². The van der Waals surface area contributed by atoms with Crippen LogP contribution in [0.2, 0.25) is 0 Å². The van der Waals surface area contributed by atoms with E-state index < -0.39 is 0 Å². The van der Waals surface area contributed by atoms with Crippen molar-refractivity contribution in [2.24, 2.45) is 5.10 Å². The van der Waals surface area contributed by atoms with Crippen LogP contribution in [0.5, 0.6) is 0 Å². The number of piperazine rings is 1. The third-order valence-electron chi connectivity index (χ3n) is 5.82. The fourth-order valence-electron chi connectivity index (χ4n) is 4.06. The number of benzene rings is 1. The Kier molecular flexibility index (Phi) is 6.36. The van der Waals surface area contributed by atoms with Gasteiger partial charge in [0, 0.05) is 6.42 Å². The van der Waals surface area contributed by atoms with Gasteiger partial charge in [-0.05, 0) is 31.5 Å². The molecule has 0 aliphatic carbocycles. The van der Waals surface area contributed by atoms with Crippen LogP contribution in [-0.4, -0.2) is 67.0 Å². The monoisotopic (exact) mass is 425 g/mol. The third-order valence-corrected chi connectivity index (χ3v) is 5.82. The zero-order valence-electron chi connectivity index (χ0n) is 18.0. The average Bonchev–Trinajstić information content (AvgIpc) is 3.45. The Labute approximate surface area is 182 Å². The van der Waals surface area contributed by atoms with Gasteiger partial charge in [0.1, 0.15) is 11.8 Å². The van der Waals surface area contributed by atoms with E-state index in [1.807, 2.05) is 31.2 Å². The van der Waals surface area contributed by atoms with Crippen LogP contribution >= 0.6 is 0 Å². The molecular weight excluding hydrogens is 396 g/mol. The summed E-state index contributed by atoms with van der Waals surface area (Å²) in [6, 6.07) is 11.7. The first-order chi connectivity index (χ1) is 15.0. The average molecular weight is 426 g/mol. The molecule has 1 fully saturated rings. The van der Waals surface area contributed by atoms with E-state index in [2.05, 4.69) is 12.1 Å². The van der Waals surface area contributed by atoms with E-state index >= 15 is 0 Å². The summed E-state index contributed by atoms with van der Waals surface area (Å²) >= 11 is 0. The molecule has 3 heterocycles. The summed E-state index contributed by atoms with van der Waals surface area (Å²) in [5, 5.41) is 6.28. The van der Waals surface area contributed by atoms with E-state index in [0.717, 1.165) is 21.9 Å². The summed E-state index contributed by atoms with van der Waals surface area (Å²) in [4.78, 5) is 28.0. The van der Waals surface area contributed by atoms with Crippen molar-refractivity contribution in [2.45, 2.75) is 26.3 Å². The topological polar surface area (TPSA) is 79.8 Å². The number of amides is 2. The Morgan fingerprint density at radius 1 is 1.19 bits per heavy atom. The van der Waals surface area contributed by atoms with Crippen molar-refractivity contribution < 1.29 is 23.6 Å². The fraction of sp³-hybridized carbons (Fsp3) is 0.435. The first kappa shape index (κ1) is 21.1. The predicted molar refractivity (Wildman–Crippen MR) is 115 cm³/mol. The molecule has 0 bridgehead atoms. The number of hydrogen-bond donors (Lipinski definition) is 1. The molecule has 2 aliphatic heterocycles. The summed E-state index contributed by atoms with van der Waals surface area (Å²) in [5.41, 5.74) is 3.09. The van der Waals surface area contributed by atoms with Crippen molar-refractivity contribution in [3.8, 4) is 0 Å². The number of nitrogens with one attached hydrogen (secondary N) is 1. The van der Waals surface area contributed by atoms with Crippen molar-refractivity contribution in [1.29, 1.82) is 0 Å². The van der Waals surface area contributed by atoms with Crippen molar-refractivity contribution >= 4 is 17.7 Å². The van der Waals surface area contributed by atoms with Gasteiger partial charge in [0.05, 0.1) is 44.8 Å². The molecule has 1 atom stereocenters. The Balaban J connectivity index is 1.44. The Bertz CT molecular complexity index is 931. The summed E-state index contributed by atoms with van der Waals surface area (Å²) in [6.45, 7) is 7.13. The largest absolute Gasteiger partial charge is 0.467 e. The highest BCUT2D eigenvalue weighted by atomic mass is 16.6. The summed E-state index contributed by atoms with van der Waals surface area (Å²) in [7, 11) is 0. The number of aryl methyl sites for hydroxylation is 1. The van der Waals surface area contributed by atoms with Gasteiger partial charge in [-0.3, -0.25) is 9.69 Å². The number of rotatable bonds is 5. The zero-order valence-corrected chi connectivity index (χ0v) is 18.0. The molecule has 1 saturated heterocycles. The Morgan fingerprint density at radius 3 is 2.58 bits per heavy atom. The molecule has 0 saturated carbocycles. The molecule has 0 spiro atoms. The van der Waals surface area contributed by atoms with Gasteiger partial charge in [-0.1, -0.05) is 29.8 Å². The Hall–Kier alpha value is -3.13. The van der Waals surface area contributed by atoms with E-state index in [0.29, 0.717) is 45.8 Å². The molecule has 2 aliphatic rings. The molecule has 2 amide bonds. The lowest BCUT2D eigenvalue weighted by Gasteiger charge is -2.32. The molecule has 0 radical (unpaired) electrons. The molecule has 164 valence electrons. The van der Waals surface area contributed by atoms with Crippen molar-refractivity contribution in [2.75, 3.05) is 39.3 Å². The molecule has 1 aromatic carbocycles. The molecule has 0 unspecified atom stereocenters. The summed E-state index contributed by atoms with van der Waals surface area (Å²) in [5.74, 6) is 0.699. The van der Waals surface area contributed by atoms with Gasteiger partial charge in [0.25, 0.3) is 5.91 Å². The smallest absolute Gasteiger partial charge is 0.410 e. The molecule has 31 heavy (non-hydrogen) atoms. The normalized spacial score (nSPS) is 19.4. The maximum absolute atomic E-state index is 13.2. The van der Waals surface area contributed by atoms with E-state index in [1.165, 1.54) is 5.56 Å². The lowest BCUT2D eigenvalue weighted by molar-refractivity contribution is -0.896. The van der Waals surface area contributed by atoms with E-state index in [-0.39, 0.29) is 18.0 Å². The number of quaternary nitrogens is 1. The summed E-state index contributed by atoms with van der Waals surface area (Å²) < 4.78 is 10.7. The quantitative estimate of drug-likeness (QED) is 0.790. The predicted octanol–water partition coefficient (Wildman–Crippen LogP) is 1.62. The van der Waals surface area contributed by atoms with Gasteiger partial charge in [0.15, 0.2) is 6.54 Å². The maximum atomic E-state index is 13.2. The number of furan rings is 1. The van der Waals surface area contributed by atoms with Crippen LogP contribution < -0.4 is 4.90 Å². The van der Waals surface area contributed by atoms with Crippen LogP contribution in [0.4, 0.5) is 4.79 Å². The van der Waals surface area contributed by atoms with E-state index in [1.54, 1.807) is 23.1 Å². The van der Waals surface area contributed by atoms with Crippen molar-refractivity contribution in [3.05, 3.63) is 59.5 Å². The lowest BCUT2D eigenvalue weighted by Crippen LogP contribution is -3.15. The fourth-order valence-corrected chi connectivity index (χ4v) is 4.06. The lowest BCUT2D eigenvalue weighted by atomic mass is 10.0. The number of hydrogen-bond acceptors (Lipinski definition) is 5. The Morgan fingerprint density at radius 2 is 1.94 bits per heavy atom. The van der Waals surface area contributed by atoms with Crippen LogP contribution in [0.15, 0.2) is 52.2 Å². The van der Waals surface area contributed by atoms with E-state index in [4.69, 9.17) is 14.3 Å². The highest BCUT2D eigenvalue weighted by Gasteiger charge is 2.37. The molecule has 8 nitrogen and oxygen atoms in total. The molecule has 2 aromatic rings. The highest BCUT2D eigenvalue weighted by Crippen LogP contribution is 2.32. The second-order valence-electron chi connectivity index (χ2n) is 8.00. The molecular formula is C23H29N4O4+. The first-order valence-electron chi connectivity index (χ1n) is 10.8. The second kappa shape index (κ2) is 9.34. The SMILES string of the molecule is CCOC(=O)N1CC[NH+](CC(=O)N2N=C(c3ccc(C)cc3)C[C@@H]2c2ccco2)CC1. The number of ether oxygens (including phenoxy) is 1. The first-order valence-corrected chi connectivity index (χ1v) is 10.8. The standard InChI is InChI=1S/C23H28N4O4/c1-3-30-23(29)26-12-10-25(11-13-26)16-22(28)27-20(21-5-4-14-31-21)15-19(24-27)18-8-6-17(2)7-9-18/h4-9,14,20H,3,10-13,15-16H2,1-2H3/p+1/t20-/m1/s1. The third kappa shape index (κ3) is 4.80. The second-order valence-corrected chi connectivity index (χ2v) is 8.00. The van der Waals surface area contributed by atoms with Crippen LogP contribution in [0.3, 0.4) is 0 Å². The molecule has 4 rings (SSSR count). The summed E-state index contributed by atoms with van der Waals surface area (Å²) in [6.07, 6.45) is 1.97. The highest BCUT2D eigenvalue weighted by molar-refractivity contribution is 6.03. The van der Waals surface area contributed by atoms with Gasteiger partial charge in [-0.25, -0.2) is 9.80 Å². The molecule has 1 N–H and O–H groups in total. The minimum Gasteiger partial charge on any atom is -0.467 e. The van der Waals surface area contributed by atoms with Crippen molar-refractivity contribution in [3.63, 3.8) is 0 Å². The van der Waals surface area contributed by atoms with Gasteiger partial charge in [-0.2, -0.15) is 5.10 Å². The minimum absolute atomic E-state index is 0.0388. The molecule has 1 aromatic heterocycles. The zero-order chi connectivity index (χ0) is 21.8. The van der Waals surface area contributed by atoms with Crippen LogP contribution in [-0.2, 0) is 9.53 Å². The van der Waals surface area contributed by atoms with Crippen LogP contribution in [0, 0.1) is 6.92 Å². The number of carbonyl (C=O) groups excluding carboxylic acids is 2. The van der Waals surface area contributed by atoms with Gasteiger partial charge < -0.3 is 14.1 Å². The van der Waals surface area contributed by atoms with Gasteiger partial charge in [-0.15, -0.1) is 0 Å². The number of hydrazone groups is 1.